The van der Waals surface area contributed by atoms with Crippen LogP contribution in [0.25, 0.3) is 16.8 Å². The summed E-state index contributed by atoms with van der Waals surface area (Å²) in [6.07, 6.45) is 5.42. The van der Waals surface area contributed by atoms with Gasteiger partial charge in [0.15, 0.2) is 0 Å². The molecular weight excluding hydrogens is 436 g/mol. The van der Waals surface area contributed by atoms with E-state index in [4.69, 9.17) is 0 Å². The molecule has 0 bridgehead atoms. The first-order chi connectivity index (χ1) is 16.0. The Morgan fingerprint density at radius 3 is 2.52 bits per heavy atom. The molecule has 0 aliphatic carbocycles. The maximum atomic E-state index is 12.0. The number of aliphatic carboxylic acids is 1. The molecule has 0 unspecified atom stereocenters. The highest BCUT2D eigenvalue weighted by Crippen LogP contribution is 2.26. The van der Waals surface area contributed by atoms with Crippen molar-refractivity contribution in [1.29, 1.82) is 0 Å². The van der Waals surface area contributed by atoms with Crippen LogP contribution in [-0.4, -0.2) is 31.7 Å². The van der Waals surface area contributed by atoms with Gasteiger partial charge < -0.3 is 14.8 Å². The molecule has 0 aliphatic heterocycles. The van der Waals surface area contributed by atoms with Gasteiger partial charge in [0.25, 0.3) is 0 Å². The molecule has 2 aromatic carbocycles. The van der Waals surface area contributed by atoms with Gasteiger partial charge in [-0.05, 0) is 46.3 Å². The third kappa shape index (κ3) is 4.88. The average molecular weight is 461 g/mol. The van der Waals surface area contributed by atoms with E-state index in [1.54, 1.807) is 18.3 Å². The summed E-state index contributed by atoms with van der Waals surface area (Å²) in [5.41, 5.74) is 2.24. The number of imidazole rings is 1. The van der Waals surface area contributed by atoms with Crippen LogP contribution in [0.5, 0.6) is 0 Å². The molecule has 2 aromatic heterocycles. The maximum Gasteiger partial charge on any atom is 0.336 e. The zero-order chi connectivity index (χ0) is 23.4. The van der Waals surface area contributed by atoms with Crippen molar-refractivity contribution in [1.82, 2.24) is 9.55 Å². The Labute approximate surface area is 195 Å². The lowest BCUT2D eigenvalue weighted by molar-refractivity contribution is -0.132. The molecule has 6 nitrogen and oxygen atoms in total. The molecule has 0 amide bonds. The zero-order valence-corrected chi connectivity index (χ0v) is 19.0. The standard InChI is InChI=1S/C26H24N2O4S/c1-2-6-24-27-15-19(13-18(25(29)30)14-20-7-5-12-33-20)28(24)16-17-10-11-23(26(31)32)22-9-4-3-8-21(17)22/h3-5,7-13,15H,2,6,14,16H2,1H3,(H,29,30)(H,31,32). The van der Waals surface area contributed by atoms with Gasteiger partial charge in [0.1, 0.15) is 5.82 Å². The summed E-state index contributed by atoms with van der Waals surface area (Å²) in [4.78, 5) is 29.2. The van der Waals surface area contributed by atoms with Crippen LogP contribution < -0.4 is 0 Å². The maximum absolute atomic E-state index is 12.0. The van der Waals surface area contributed by atoms with E-state index in [0.29, 0.717) is 23.9 Å². The first kappa shape index (κ1) is 22.5. The Morgan fingerprint density at radius 2 is 1.85 bits per heavy atom. The largest absolute Gasteiger partial charge is 0.478 e. The number of aromatic carboxylic acids is 1. The van der Waals surface area contributed by atoms with E-state index in [1.165, 1.54) is 11.3 Å². The Bertz CT molecular complexity index is 1340. The number of aryl methyl sites for hydroxylation is 1. The van der Waals surface area contributed by atoms with Crippen molar-refractivity contribution in [3.8, 4) is 0 Å². The number of carboxylic acid groups (broad SMARTS) is 2. The normalized spacial score (nSPS) is 11.7. The van der Waals surface area contributed by atoms with Crippen LogP contribution in [0, 0.1) is 0 Å². The first-order valence-electron chi connectivity index (χ1n) is 10.7. The van der Waals surface area contributed by atoms with Crippen molar-refractivity contribution in [3.63, 3.8) is 0 Å². The van der Waals surface area contributed by atoms with Crippen molar-refractivity contribution in [3.05, 3.63) is 93.2 Å². The molecule has 0 atom stereocenters. The molecule has 0 saturated heterocycles. The number of aromatic nitrogens is 2. The van der Waals surface area contributed by atoms with Crippen molar-refractivity contribution in [2.45, 2.75) is 32.7 Å². The number of benzene rings is 2. The predicted molar refractivity (Wildman–Crippen MR) is 130 cm³/mol. The van der Waals surface area contributed by atoms with Crippen LogP contribution in [0.15, 0.2) is 65.7 Å². The number of fused-ring (bicyclic) bond motifs is 1. The smallest absolute Gasteiger partial charge is 0.336 e. The lowest BCUT2D eigenvalue weighted by atomic mass is 9.99. The van der Waals surface area contributed by atoms with Crippen LogP contribution in [0.4, 0.5) is 0 Å². The number of hydrogen-bond donors (Lipinski definition) is 2. The van der Waals surface area contributed by atoms with Gasteiger partial charge in [0.05, 0.1) is 17.5 Å². The number of carbonyl (C=O) groups is 2. The Balaban J connectivity index is 1.78. The van der Waals surface area contributed by atoms with Gasteiger partial charge in [-0.25, -0.2) is 14.6 Å². The highest BCUT2D eigenvalue weighted by molar-refractivity contribution is 7.09. The van der Waals surface area contributed by atoms with E-state index in [1.807, 2.05) is 52.4 Å². The van der Waals surface area contributed by atoms with Gasteiger partial charge in [0.2, 0.25) is 0 Å². The van der Waals surface area contributed by atoms with E-state index < -0.39 is 11.9 Å². The molecule has 0 fully saturated rings. The zero-order valence-electron chi connectivity index (χ0n) is 18.2. The van der Waals surface area contributed by atoms with Gasteiger partial charge in [-0.1, -0.05) is 43.3 Å². The Hall–Kier alpha value is -3.71. The summed E-state index contributed by atoms with van der Waals surface area (Å²) >= 11 is 1.53. The predicted octanol–water partition coefficient (Wildman–Crippen LogP) is 5.51. The second-order valence-electron chi connectivity index (χ2n) is 7.79. The minimum Gasteiger partial charge on any atom is -0.478 e. The summed E-state index contributed by atoms with van der Waals surface area (Å²) in [5, 5.41) is 22.8. The lowest BCUT2D eigenvalue weighted by Gasteiger charge is -2.14. The minimum absolute atomic E-state index is 0.262. The van der Waals surface area contributed by atoms with Crippen molar-refractivity contribution in [2.75, 3.05) is 0 Å². The third-order valence-electron chi connectivity index (χ3n) is 5.56. The van der Waals surface area contributed by atoms with Crippen molar-refractivity contribution in [2.24, 2.45) is 0 Å². The van der Waals surface area contributed by atoms with E-state index in [-0.39, 0.29) is 5.56 Å². The monoisotopic (exact) mass is 460 g/mol. The van der Waals surface area contributed by atoms with Crippen LogP contribution in [-0.2, 0) is 24.2 Å². The molecule has 4 rings (SSSR count). The summed E-state index contributed by atoms with van der Waals surface area (Å²) in [6, 6.07) is 14.8. The van der Waals surface area contributed by atoms with Crippen LogP contribution in [0.2, 0.25) is 0 Å². The highest BCUT2D eigenvalue weighted by Gasteiger charge is 2.16. The van der Waals surface area contributed by atoms with Crippen LogP contribution in [0.3, 0.4) is 0 Å². The van der Waals surface area contributed by atoms with E-state index in [9.17, 15) is 19.8 Å². The first-order valence-corrected chi connectivity index (χ1v) is 11.6. The molecule has 0 saturated carbocycles. The number of nitrogens with zero attached hydrogens (tertiary/aromatic N) is 2. The summed E-state index contributed by atoms with van der Waals surface area (Å²) in [7, 11) is 0. The van der Waals surface area contributed by atoms with E-state index in [2.05, 4.69) is 11.9 Å². The fourth-order valence-corrected chi connectivity index (χ4v) is 4.70. The number of hydrogen-bond acceptors (Lipinski definition) is 4. The van der Waals surface area contributed by atoms with E-state index >= 15 is 0 Å². The molecule has 2 heterocycles. The number of carboxylic acids is 2. The van der Waals surface area contributed by atoms with Crippen LogP contribution >= 0.6 is 11.3 Å². The molecule has 2 N–H and O–H groups in total. The number of rotatable bonds is 9. The molecule has 168 valence electrons. The summed E-state index contributed by atoms with van der Waals surface area (Å²) in [5.74, 6) is -1.05. The topological polar surface area (TPSA) is 92.4 Å². The second kappa shape index (κ2) is 9.83. The van der Waals surface area contributed by atoms with Gasteiger partial charge in [0, 0.05) is 29.8 Å². The van der Waals surface area contributed by atoms with Crippen molar-refractivity contribution >= 4 is 40.1 Å². The molecule has 0 aliphatic rings. The Morgan fingerprint density at radius 1 is 1.06 bits per heavy atom. The highest BCUT2D eigenvalue weighted by atomic mass is 32.1. The minimum atomic E-state index is -0.963. The lowest BCUT2D eigenvalue weighted by Crippen LogP contribution is -2.10. The van der Waals surface area contributed by atoms with Crippen molar-refractivity contribution < 1.29 is 19.8 Å². The fraction of sp³-hybridized carbons (Fsp3) is 0.192. The Kier molecular flexibility index (Phi) is 6.70. The molecular formula is C26H24N2O4S. The van der Waals surface area contributed by atoms with Crippen LogP contribution in [0.1, 0.15) is 45.7 Å². The van der Waals surface area contributed by atoms with Gasteiger partial charge in [-0.2, -0.15) is 0 Å². The molecule has 7 heteroatoms. The summed E-state index contributed by atoms with van der Waals surface area (Å²) < 4.78 is 2.03. The second-order valence-corrected chi connectivity index (χ2v) is 8.82. The van der Waals surface area contributed by atoms with Gasteiger partial charge >= 0.3 is 11.9 Å². The fourth-order valence-electron chi connectivity index (χ4n) is 3.97. The summed E-state index contributed by atoms with van der Waals surface area (Å²) in [6.45, 7) is 2.54. The SMILES string of the molecule is CCCc1ncc(C=C(Cc2cccs2)C(=O)O)n1Cc1ccc(C(=O)O)c2ccccc12. The molecule has 4 aromatic rings. The van der Waals surface area contributed by atoms with E-state index in [0.717, 1.165) is 40.2 Å². The third-order valence-corrected chi connectivity index (χ3v) is 6.43. The molecule has 0 spiro atoms. The number of thiophene rings is 1. The molecule has 0 radical (unpaired) electrons. The van der Waals surface area contributed by atoms with Gasteiger partial charge in [-0.15, -0.1) is 11.3 Å². The quantitative estimate of drug-likeness (QED) is 0.322. The van der Waals surface area contributed by atoms with Gasteiger partial charge in [-0.3, -0.25) is 0 Å². The average Bonchev–Trinajstić information content (AvgIpc) is 3.44. The molecule has 33 heavy (non-hydrogen) atoms.